The second-order valence-electron chi connectivity index (χ2n) is 3.73. The van der Waals surface area contributed by atoms with Crippen LogP contribution in [0.15, 0.2) is 16.3 Å². The van der Waals surface area contributed by atoms with Gasteiger partial charge in [-0.15, -0.1) is 16.4 Å². The van der Waals surface area contributed by atoms with Crippen molar-refractivity contribution in [2.45, 2.75) is 20.0 Å². The third-order valence-corrected chi connectivity index (χ3v) is 3.95. The van der Waals surface area contributed by atoms with Gasteiger partial charge in [-0.05, 0) is 22.9 Å². The van der Waals surface area contributed by atoms with Crippen molar-refractivity contribution in [1.29, 1.82) is 0 Å². The van der Waals surface area contributed by atoms with Crippen molar-refractivity contribution in [3.05, 3.63) is 22.0 Å². The van der Waals surface area contributed by atoms with Gasteiger partial charge in [0.15, 0.2) is 4.60 Å². The van der Waals surface area contributed by atoms with E-state index in [1.165, 1.54) is 11.3 Å². The summed E-state index contributed by atoms with van der Waals surface area (Å²) in [6.45, 7) is 3.35. The van der Waals surface area contributed by atoms with Gasteiger partial charge in [0.2, 0.25) is 5.95 Å². The largest absolute Gasteiger partial charge is 0.348 e. The molecule has 0 amide bonds. The van der Waals surface area contributed by atoms with E-state index >= 15 is 0 Å². The second-order valence-corrected chi connectivity index (χ2v) is 5.32. The van der Waals surface area contributed by atoms with Crippen molar-refractivity contribution in [3.63, 3.8) is 0 Å². The van der Waals surface area contributed by atoms with Crippen LogP contribution in [0.5, 0.6) is 0 Å². The molecule has 3 aromatic heterocycles. The highest BCUT2D eigenvalue weighted by atomic mass is 79.9. The van der Waals surface area contributed by atoms with E-state index in [1.807, 2.05) is 11.6 Å². The molecular formula is C10H10BrN7S. The molecular weight excluding hydrogens is 330 g/mol. The van der Waals surface area contributed by atoms with E-state index < -0.39 is 0 Å². The van der Waals surface area contributed by atoms with E-state index in [0.29, 0.717) is 12.5 Å². The lowest BCUT2D eigenvalue weighted by atomic mass is 10.4. The molecule has 9 heteroatoms. The van der Waals surface area contributed by atoms with Crippen LogP contribution in [-0.4, -0.2) is 29.9 Å². The normalized spacial score (nSPS) is 11.1. The molecule has 0 saturated carbocycles. The molecule has 0 aliphatic carbocycles. The number of nitrogens with one attached hydrogen (secondary N) is 1. The Morgan fingerprint density at radius 3 is 3.16 bits per heavy atom. The summed E-state index contributed by atoms with van der Waals surface area (Å²) in [5.41, 5.74) is 3.54. The molecule has 19 heavy (non-hydrogen) atoms. The van der Waals surface area contributed by atoms with Crippen molar-refractivity contribution in [2.75, 3.05) is 5.32 Å². The number of aromatic nitrogens is 6. The number of thiazole rings is 1. The standard InChI is InChI=1S/C10H10BrN7S/c1-2-18-7(8(11)16-17-18)4-13-10-12-3-6-9(15-10)19-5-14-6/h3,5H,2,4H2,1H3,(H,12,13,15). The van der Waals surface area contributed by atoms with E-state index in [4.69, 9.17) is 0 Å². The molecule has 0 saturated heterocycles. The highest BCUT2D eigenvalue weighted by Crippen LogP contribution is 2.17. The average Bonchev–Trinajstić information content (AvgIpc) is 3.02. The van der Waals surface area contributed by atoms with E-state index in [1.54, 1.807) is 11.7 Å². The van der Waals surface area contributed by atoms with E-state index in [0.717, 1.165) is 27.2 Å². The molecule has 0 radical (unpaired) electrons. The van der Waals surface area contributed by atoms with Gasteiger partial charge in [0.1, 0.15) is 10.3 Å². The van der Waals surface area contributed by atoms with Gasteiger partial charge in [-0.3, -0.25) is 0 Å². The van der Waals surface area contributed by atoms with Crippen molar-refractivity contribution in [1.82, 2.24) is 29.9 Å². The van der Waals surface area contributed by atoms with Crippen LogP contribution in [0.2, 0.25) is 0 Å². The number of aryl methyl sites for hydroxylation is 1. The predicted octanol–water partition coefficient (Wildman–Crippen LogP) is 2.07. The van der Waals surface area contributed by atoms with Crippen LogP contribution in [0.1, 0.15) is 12.6 Å². The zero-order valence-electron chi connectivity index (χ0n) is 10.0. The first-order chi connectivity index (χ1) is 9.28. The first kappa shape index (κ1) is 12.4. The van der Waals surface area contributed by atoms with E-state index in [2.05, 4.69) is 46.5 Å². The van der Waals surface area contributed by atoms with Crippen molar-refractivity contribution >= 4 is 43.6 Å². The van der Waals surface area contributed by atoms with Gasteiger partial charge in [-0.25, -0.2) is 19.6 Å². The summed E-state index contributed by atoms with van der Waals surface area (Å²) in [6.07, 6.45) is 1.71. The average molecular weight is 340 g/mol. The van der Waals surface area contributed by atoms with E-state index in [-0.39, 0.29) is 0 Å². The Bertz CT molecular complexity index is 707. The van der Waals surface area contributed by atoms with Crippen LogP contribution < -0.4 is 5.32 Å². The number of nitrogens with zero attached hydrogens (tertiary/aromatic N) is 6. The van der Waals surface area contributed by atoms with Gasteiger partial charge in [0.05, 0.1) is 23.9 Å². The SMILES string of the molecule is CCn1nnc(Br)c1CNc1ncc2ncsc2n1. The Balaban J connectivity index is 1.79. The molecule has 0 unspecified atom stereocenters. The highest BCUT2D eigenvalue weighted by Gasteiger charge is 2.10. The Labute approximate surface area is 121 Å². The van der Waals surface area contributed by atoms with Gasteiger partial charge >= 0.3 is 0 Å². The zero-order chi connectivity index (χ0) is 13.2. The summed E-state index contributed by atoms with van der Waals surface area (Å²) in [4.78, 5) is 13.6. The summed E-state index contributed by atoms with van der Waals surface area (Å²) in [6, 6.07) is 0. The third-order valence-electron chi connectivity index (χ3n) is 2.60. The molecule has 0 spiro atoms. The fourth-order valence-electron chi connectivity index (χ4n) is 1.65. The van der Waals surface area contributed by atoms with Crippen molar-refractivity contribution < 1.29 is 0 Å². The lowest BCUT2D eigenvalue weighted by molar-refractivity contribution is 0.601. The van der Waals surface area contributed by atoms with Crippen LogP contribution in [0.4, 0.5) is 5.95 Å². The monoisotopic (exact) mass is 339 g/mol. The molecule has 98 valence electrons. The molecule has 3 aromatic rings. The van der Waals surface area contributed by atoms with Crippen LogP contribution in [-0.2, 0) is 13.1 Å². The minimum Gasteiger partial charge on any atom is -0.348 e. The smallest absolute Gasteiger partial charge is 0.224 e. The molecule has 1 N–H and O–H groups in total. The summed E-state index contributed by atoms with van der Waals surface area (Å²) in [7, 11) is 0. The first-order valence-corrected chi connectivity index (χ1v) is 7.33. The molecule has 3 heterocycles. The Morgan fingerprint density at radius 1 is 1.42 bits per heavy atom. The fourth-order valence-corrected chi connectivity index (χ4v) is 2.69. The maximum atomic E-state index is 4.39. The summed E-state index contributed by atoms with van der Waals surface area (Å²) in [5.74, 6) is 0.576. The maximum Gasteiger partial charge on any atom is 0.224 e. The summed E-state index contributed by atoms with van der Waals surface area (Å²) >= 11 is 4.88. The Hall–Kier alpha value is -1.61. The molecule has 0 fully saturated rings. The van der Waals surface area contributed by atoms with Gasteiger partial charge < -0.3 is 5.32 Å². The number of rotatable bonds is 4. The minimum absolute atomic E-state index is 0.561. The Kier molecular flexibility index (Phi) is 3.38. The maximum absolute atomic E-state index is 4.39. The van der Waals surface area contributed by atoms with Crippen LogP contribution in [0.3, 0.4) is 0 Å². The van der Waals surface area contributed by atoms with Crippen LogP contribution in [0, 0.1) is 0 Å². The number of hydrogen-bond acceptors (Lipinski definition) is 7. The van der Waals surface area contributed by atoms with Crippen molar-refractivity contribution in [3.8, 4) is 0 Å². The molecule has 0 aromatic carbocycles. The predicted molar refractivity (Wildman–Crippen MR) is 75.9 cm³/mol. The summed E-state index contributed by atoms with van der Waals surface area (Å²) < 4.78 is 2.56. The summed E-state index contributed by atoms with van der Waals surface area (Å²) in [5, 5.41) is 11.2. The topological polar surface area (TPSA) is 81.4 Å². The zero-order valence-corrected chi connectivity index (χ0v) is 12.4. The number of anilines is 1. The minimum atomic E-state index is 0.561. The molecule has 0 bridgehead atoms. The van der Waals surface area contributed by atoms with Gasteiger partial charge in [-0.2, -0.15) is 0 Å². The highest BCUT2D eigenvalue weighted by molar-refractivity contribution is 9.10. The van der Waals surface area contributed by atoms with Crippen molar-refractivity contribution in [2.24, 2.45) is 0 Å². The molecule has 7 nitrogen and oxygen atoms in total. The molecule has 0 aliphatic heterocycles. The molecule has 0 atom stereocenters. The second kappa shape index (κ2) is 5.17. The first-order valence-electron chi connectivity index (χ1n) is 5.66. The quantitative estimate of drug-likeness (QED) is 0.783. The van der Waals surface area contributed by atoms with Crippen LogP contribution in [0.25, 0.3) is 10.3 Å². The van der Waals surface area contributed by atoms with Gasteiger partial charge in [0.25, 0.3) is 0 Å². The Morgan fingerprint density at radius 2 is 2.32 bits per heavy atom. The number of halogens is 1. The van der Waals surface area contributed by atoms with Gasteiger partial charge in [0, 0.05) is 6.54 Å². The molecule has 3 rings (SSSR count). The van der Waals surface area contributed by atoms with Crippen LogP contribution >= 0.6 is 27.3 Å². The molecule has 0 aliphatic rings. The van der Waals surface area contributed by atoms with E-state index in [9.17, 15) is 0 Å². The lowest BCUT2D eigenvalue weighted by Gasteiger charge is -2.06. The van der Waals surface area contributed by atoms with Gasteiger partial charge in [-0.1, -0.05) is 5.21 Å². The third kappa shape index (κ3) is 2.43. The number of fused-ring (bicyclic) bond motifs is 1. The lowest BCUT2D eigenvalue weighted by Crippen LogP contribution is -2.10. The number of hydrogen-bond donors (Lipinski definition) is 1. The fraction of sp³-hybridized carbons (Fsp3) is 0.300.